The number of rotatable bonds is 6. The topological polar surface area (TPSA) is 55.9 Å². The Morgan fingerprint density at radius 2 is 1.95 bits per heavy atom. The molecule has 1 aromatic heterocycles. The molecule has 0 saturated heterocycles. The van der Waals surface area contributed by atoms with Crippen LogP contribution in [0.1, 0.15) is 42.4 Å². The lowest BCUT2D eigenvalue weighted by molar-refractivity contribution is 0.516. The molecule has 21 heavy (non-hydrogen) atoms. The molecule has 0 saturated carbocycles. The summed E-state index contributed by atoms with van der Waals surface area (Å²) in [5.74, 6) is 5.78. The molecule has 4 nitrogen and oxygen atoms in total. The second kappa shape index (κ2) is 7.20. The highest BCUT2D eigenvalue weighted by Gasteiger charge is 2.18. The van der Waals surface area contributed by atoms with Crippen molar-refractivity contribution < 1.29 is 0 Å². The average molecular weight is 351 g/mol. The molecule has 1 atom stereocenters. The van der Waals surface area contributed by atoms with E-state index < -0.39 is 0 Å². The zero-order valence-electron chi connectivity index (χ0n) is 12.9. The molecule has 2 aromatic rings. The van der Waals surface area contributed by atoms with E-state index in [0.29, 0.717) is 0 Å². The summed E-state index contributed by atoms with van der Waals surface area (Å²) >= 11 is 3.64. The number of hydrogen-bond acceptors (Lipinski definition) is 3. The number of nitrogens with zero attached hydrogens (tertiary/aromatic N) is 2. The molecule has 0 fully saturated rings. The Hall–Kier alpha value is -1.17. The first-order chi connectivity index (χ1) is 10.1. The van der Waals surface area contributed by atoms with Crippen molar-refractivity contribution in [2.75, 3.05) is 0 Å². The van der Waals surface area contributed by atoms with Crippen LogP contribution in [-0.2, 0) is 19.4 Å². The summed E-state index contributed by atoms with van der Waals surface area (Å²) in [6.07, 6.45) is 1.85. The van der Waals surface area contributed by atoms with Gasteiger partial charge < -0.3 is 0 Å². The van der Waals surface area contributed by atoms with Crippen LogP contribution in [0.25, 0.3) is 0 Å². The van der Waals surface area contributed by atoms with E-state index in [1.807, 2.05) is 11.6 Å². The molecule has 0 aliphatic carbocycles. The quantitative estimate of drug-likeness (QED) is 0.620. The summed E-state index contributed by atoms with van der Waals surface area (Å²) in [6, 6.07) is 8.70. The minimum atomic E-state index is 0.0774. The van der Waals surface area contributed by atoms with E-state index >= 15 is 0 Å². The highest BCUT2D eigenvalue weighted by Crippen LogP contribution is 2.26. The second-order valence-corrected chi connectivity index (χ2v) is 5.97. The van der Waals surface area contributed by atoms with Crippen LogP contribution in [-0.4, -0.2) is 9.78 Å². The lowest BCUT2D eigenvalue weighted by Gasteiger charge is -2.18. The Balaban J connectivity index is 2.26. The average Bonchev–Trinajstić information content (AvgIpc) is 2.80. The monoisotopic (exact) mass is 350 g/mol. The molecule has 0 aliphatic heterocycles. The van der Waals surface area contributed by atoms with Gasteiger partial charge in [0.05, 0.1) is 21.9 Å². The largest absolute Gasteiger partial charge is 0.271 e. The maximum absolute atomic E-state index is 5.78. The predicted molar refractivity (Wildman–Crippen MR) is 89.9 cm³/mol. The molecule has 5 heteroatoms. The highest BCUT2D eigenvalue weighted by atomic mass is 79.9. The molecule has 1 unspecified atom stereocenters. The Kier molecular flexibility index (Phi) is 5.56. The van der Waals surface area contributed by atoms with E-state index in [1.54, 1.807) is 0 Å². The van der Waals surface area contributed by atoms with Gasteiger partial charge in [0.25, 0.3) is 0 Å². The van der Waals surface area contributed by atoms with E-state index in [-0.39, 0.29) is 6.04 Å². The van der Waals surface area contributed by atoms with E-state index in [2.05, 4.69) is 64.6 Å². The molecule has 2 rings (SSSR count). The SMILES string of the molecule is CCc1ccc(C(Cc2c(Br)c(C)nn2CC)NN)cc1. The molecule has 0 aliphatic rings. The second-order valence-electron chi connectivity index (χ2n) is 5.18. The fourth-order valence-electron chi connectivity index (χ4n) is 2.52. The molecule has 0 spiro atoms. The van der Waals surface area contributed by atoms with Gasteiger partial charge in [0.15, 0.2) is 0 Å². The third kappa shape index (κ3) is 3.54. The molecule has 0 radical (unpaired) electrons. The number of aromatic nitrogens is 2. The first-order valence-corrected chi connectivity index (χ1v) is 8.16. The van der Waals surface area contributed by atoms with Crippen molar-refractivity contribution in [2.24, 2.45) is 5.84 Å². The summed E-state index contributed by atoms with van der Waals surface area (Å²) < 4.78 is 3.11. The standard InChI is InChI=1S/C16H23BrN4/c1-4-12-6-8-13(9-7-12)14(19-18)10-15-16(17)11(3)20-21(15)5-2/h6-9,14,19H,4-5,10,18H2,1-3H3. The first-order valence-electron chi connectivity index (χ1n) is 7.37. The maximum atomic E-state index is 5.78. The highest BCUT2D eigenvalue weighted by molar-refractivity contribution is 9.10. The minimum Gasteiger partial charge on any atom is -0.271 e. The molecule has 0 amide bonds. The van der Waals surface area contributed by atoms with Crippen molar-refractivity contribution >= 4 is 15.9 Å². The Morgan fingerprint density at radius 3 is 2.48 bits per heavy atom. The van der Waals surface area contributed by atoms with E-state index in [9.17, 15) is 0 Å². The smallest absolute Gasteiger partial charge is 0.0738 e. The van der Waals surface area contributed by atoms with Gasteiger partial charge in [0.2, 0.25) is 0 Å². The fraction of sp³-hybridized carbons (Fsp3) is 0.438. The van der Waals surface area contributed by atoms with E-state index in [1.165, 1.54) is 16.8 Å². The lowest BCUT2D eigenvalue weighted by Crippen LogP contribution is -2.30. The van der Waals surface area contributed by atoms with Gasteiger partial charge in [-0.25, -0.2) is 0 Å². The van der Waals surface area contributed by atoms with Crippen molar-refractivity contribution in [1.29, 1.82) is 0 Å². The van der Waals surface area contributed by atoms with Gasteiger partial charge in [-0.15, -0.1) is 0 Å². The molecule has 0 bridgehead atoms. The van der Waals surface area contributed by atoms with Crippen molar-refractivity contribution in [2.45, 2.75) is 46.2 Å². The van der Waals surface area contributed by atoms with Crippen molar-refractivity contribution in [3.63, 3.8) is 0 Å². The summed E-state index contributed by atoms with van der Waals surface area (Å²) in [5.41, 5.74) is 7.66. The Labute approximate surface area is 134 Å². The number of hydrazine groups is 1. The van der Waals surface area contributed by atoms with Gasteiger partial charge >= 0.3 is 0 Å². The molecule has 1 heterocycles. The van der Waals surface area contributed by atoms with Crippen LogP contribution in [0.4, 0.5) is 0 Å². The summed E-state index contributed by atoms with van der Waals surface area (Å²) in [5, 5.41) is 4.54. The van der Waals surface area contributed by atoms with Crippen LogP contribution >= 0.6 is 15.9 Å². The number of halogens is 1. The molecular weight excluding hydrogens is 328 g/mol. The van der Waals surface area contributed by atoms with E-state index in [4.69, 9.17) is 5.84 Å². The normalized spacial score (nSPS) is 12.6. The summed E-state index contributed by atoms with van der Waals surface area (Å²) in [6.45, 7) is 7.13. The van der Waals surface area contributed by atoms with Gasteiger partial charge in [0.1, 0.15) is 0 Å². The molecule has 1 aromatic carbocycles. The van der Waals surface area contributed by atoms with E-state index in [0.717, 1.165) is 29.6 Å². The van der Waals surface area contributed by atoms with Gasteiger partial charge in [-0.05, 0) is 47.3 Å². The third-order valence-corrected chi connectivity index (χ3v) is 4.87. The van der Waals surface area contributed by atoms with Crippen LogP contribution in [0, 0.1) is 6.92 Å². The van der Waals surface area contributed by atoms with Crippen molar-refractivity contribution in [3.8, 4) is 0 Å². The Bertz CT molecular complexity index is 589. The van der Waals surface area contributed by atoms with Crippen LogP contribution < -0.4 is 11.3 Å². The van der Waals surface area contributed by atoms with Crippen LogP contribution in [0.3, 0.4) is 0 Å². The predicted octanol–water partition coefficient (Wildman–Crippen LogP) is 3.28. The molecular formula is C16H23BrN4. The van der Waals surface area contributed by atoms with Gasteiger partial charge in [-0.1, -0.05) is 31.2 Å². The maximum Gasteiger partial charge on any atom is 0.0738 e. The summed E-state index contributed by atoms with van der Waals surface area (Å²) in [7, 11) is 0. The number of hydrogen-bond donors (Lipinski definition) is 2. The van der Waals surface area contributed by atoms with Crippen LogP contribution in [0.5, 0.6) is 0 Å². The minimum absolute atomic E-state index is 0.0774. The van der Waals surface area contributed by atoms with Gasteiger partial charge in [0, 0.05) is 13.0 Å². The first kappa shape index (κ1) is 16.2. The lowest BCUT2D eigenvalue weighted by atomic mass is 10.0. The number of benzene rings is 1. The number of nitrogens with one attached hydrogen (secondary N) is 1. The molecule has 114 valence electrons. The van der Waals surface area contributed by atoms with Crippen LogP contribution in [0.15, 0.2) is 28.7 Å². The zero-order valence-corrected chi connectivity index (χ0v) is 14.4. The number of nitrogens with two attached hydrogens (primary N) is 1. The fourth-order valence-corrected chi connectivity index (χ4v) is 2.96. The van der Waals surface area contributed by atoms with Crippen LogP contribution in [0.2, 0.25) is 0 Å². The van der Waals surface area contributed by atoms with Gasteiger partial charge in [-0.3, -0.25) is 16.0 Å². The third-order valence-electron chi connectivity index (χ3n) is 3.84. The summed E-state index contributed by atoms with van der Waals surface area (Å²) in [4.78, 5) is 0. The Morgan fingerprint density at radius 1 is 1.29 bits per heavy atom. The van der Waals surface area contributed by atoms with Crippen molar-refractivity contribution in [3.05, 3.63) is 51.3 Å². The van der Waals surface area contributed by atoms with Crippen molar-refractivity contribution in [1.82, 2.24) is 15.2 Å². The zero-order chi connectivity index (χ0) is 15.4. The number of aryl methyl sites for hydroxylation is 3. The molecule has 3 N–H and O–H groups in total. The van der Waals surface area contributed by atoms with Gasteiger partial charge in [-0.2, -0.15) is 5.10 Å².